The molecule has 4 aromatic rings. The van der Waals surface area contributed by atoms with Gasteiger partial charge in [0.15, 0.2) is 0 Å². The Kier molecular flexibility index (Phi) is 9.08. The van der Waals surface area contributed by atoms with Gasteiger partial charge in [0.05, 0.1) is 13.4 Å². The molecule has 174 valence electrons. The molecule has 0 aliphatic heterocycles. The molecule has 0 spiro atoms. The summed E-state index contributed by atoms with van der Waals surface area (Å²) in [7, 11) is 0. The molecule has 0 saturated heterocycles. The Labute approximate surface area is 253 Å². The van der Waals surface area contributed by atoms with Crippen molar-refractivity contribution in [2.75, 3.05) is 0 Å². The Balaban J connectivity index is 1.82. The van der Waals surface area contributed by atoms with Crippen molar-refractivity contribution in [1.29, 1.82) is 0 Å². The quantitative estimate of drug-likeness (QED) is 0.180. The zero-order valence-electron chi connectivity index (χ0n) is 16.3. The van der Waals surface area contributed by atoms with Gasteiger partial charge in [-0.2, -0.15) is 0 Å². The first kappa shape index (κ1) is 26.5. The summed E-state index contributed by atoms with van der Waals surface area (Å²) in [6.07, 6.45) is 0. The monoisotopic (exact) mass is 902 g/mol. The standard InChI is InChI=1S/C21H8Br7N3O3/c22-9-3-1-5-12(15(9)25)32-19-20(33-13-6-2-4-10(23)16(13)26)29-31-30-21(19)34-14-8-7-11(24)17(27)18(14)28/h1-8H. The second-order valence-electron chi connectivity index (χ2n) is 6.31. The average Bonchev–Trinajstić information content (AvgIpc) is 2.82. The maximum Gasteiger partial charge on any atom is 0.290 e. The fraction of sp³-hybridized carbons (Fsp3) is 0. The molecule has 0 aliphatic rings. The maximum absolute atomic E-state index is 6.21. The molecule has 0 atom stereocenters. The van der Waals surface area contributed by atoms with Crippen LogP contribution < -0.4 is 14.2 Å². The molecular weight excluding hydrogens is 902 g/mol. The van der Waals surface area contributed by atoms with E-state index in [0.29, 0.717) is 30.7 Å². The van der Waals surface area contributed by atoms with E-state index in [-0.39, 0.29) is 17.5 Å². The van der Waals surface area contributed by atoms with Crippen molar-refractivity contribution >= 4 is 112 Å². The lowest BCUT2D eigenvalue weighted by Crippen LogP contribution is -2.02. The van der Waals surface area contributed by atoms with Crippen molar-refractivity contribution in [1.82, 2.24) is 15.4 Å². The molecule has 4 rings (SSSR count). The first-order valence-electron chi connectivity index (χ1n) is 9.04. The summed E-state index contributed by atoms with van der Waals surface area (Å²) in [5.41, 5.74) is 0. The van der Waals surface area contributed by atoms with Crippen molar-refractivity contribution < 1.29 is 14.2 Å². The summed E-state index contributed by atoms with van der Waals surface area (Å²) in [6, 6.07) is 14.6. The topological polar surface area (TPSA) is 66.4 Å². The summed E-state index contributed by atoms with van der Waals surface area (Å²) in [5.74, 6) is 1.70. The van der Waals surface area contributed by atoms with Crippen LogP contribution in [-0.4, -0.2) is 15.4 Å². The van der Waals surface area contributed by atoms with Crippen LogP contribution >= 0.6 is 112 Å². The number of hydrogen-bond acceptors (Lipinski definition) is 6. The van der Waals surface area contributed by atoms with E-state index in [2.05, 4.69) is 127 Å². The van der Waals surface area contributed by atoms with Crippen molar-refractivity contribution in [2.45, 2.75) is 0 Å². The SMILES string of the molecule is Brc1cccc(Oc2nnnc(Oc3ccc(Br)c(Br)c3Br)c2Oc2cccc(Br)c2Br)c1Br. The summed E-state index contributed by atoms with van der Waals surface area (Å²) >= 11 is 24.5. The molecule has 0 saturated carbocycles. The number of hydrogen-bond donors (Lipinski definition) is 0. The van der Waals surface area contributed by atoms with E-state index in [4.69, 9.17) is 14.2 Å². The normalized spacial score (nSPS) is 10.8. The third-order valence-corrected chi connectivity index (χ3v) is 11.5. The second kappa shape index (κ2) is 11.7. The van der Waals surface area contributed by atoms with Gasteiger partial charge in [-0.25, -0.2) is 0 Å². The van der Waals surface area contributed by atoms with Gasteiger partial charge >= 0.3 is 0 Å². The highest BCUT2D eigenvalue weighted by atomic mass is 79.9. The number of rotatable bonds is 6. The smallest absolute Gasteiger partial charge is 0.290 e. The molecule has 3 aromatic carbocycles. The Hall–Kier alpha value is -0.570. The summed E-state index contributed by atoms with van der Waals surface area (Å²) in [6.45, 7) is 0. The Morgan fingerprint density at radius 3 is 1.50 bits per heavy atom. The van der Waals surface area contributed by atoms with Crippen LogP contribution in [0.4, 0.5) is 0 Å². The van der Waals surface area contributed by atoms with E-state index in [1.807, 2.05) is 30.3 Å². The van der Waals surface area contributed by atoms with E-state index < -0.39 is 0 Å². The van der Waals surface area contributed by atoms with Crippen molar-refractivity contribution in [3.8, 4) is 34.8 Å². The van der Waals surface area contributed by atoms with Crippen LogP contribution in [0.5, 0.6) is 34.8 Å². The summed E-state index contributed by atoms with van der Waals surface area (Å²) < 4.78 is 23.7. The molecule has 13 heteroatoms. The van der Waals surface area contributed by atoms with E-state index in [1.54, 1.807) is 18.2 Å². The fourth-order valence-corrected chi connectivity index (χ4v) is 5.27. The minimum atomic E-state index is 0.0536. The van der Waals surface area contributed by atoms with Gasteiger partial charge in [0, 0.05) is 17.9 Å². The number of halogens is 7. The first-order chi connectivity index (χ1) is 16.3. The highest BCUT2D eigenvalue weighted by molar-refractivity contribution is 9.14. The predicted octanol–water partition coefficient (Wildman–Crippen LogP) is 10.6. The lowest BCUT2D eigenvalue weighted by molar-refractivity contribution is 0.351. The lowest BCUT2D eigenvalue weighted by Gasteiger charge is -2.16. The highest BCUT2D eigenvalue weighted by Gasteiger charge is 2.23. The number of ether oxygens (including phenoxy) is 3. The number of benzene rings is 3. The Bertz CT molecular complexity index is 1390. The molecular formula is C21H8Br7N3O3. The molecule has 6 nitrogen and oxygen atoms in total. The molecule has 1 heterocycles. The summed E-state index contributed by atoms with van der Waals surface area (Å²) in [5, 5.41) is 12.0. The number of nitrogens with zero attached hydrogens (tertiary/aromatic N) is 3. The lowest BCUT2D eigenvalue weighted by atomic mass is 10.3. The molecule has 0 radical (unpaired) electrons. The maximum atomic E-state index is 6.21. The van der Waals surface area contributed by atoms with Crippen LogP contribution in [0, 0.1) is 0 Å². The van der Waals surface area contributed by atoms with Gasteiger partial charge in [-0.15, -0.1) is 0 Å². The molecule has 0 bridgehead atoms. The van der Waals surface area contributed by atoms with Crippen LogP contribution in [0.25, 0.3) is 0 Å². The van der Waals surface area contributed by atoms with E-state index in [0.717, 1.165) is 17.9 Å². The van der Waals surface area contributed by atoms with Crippen LogP contribution in [0.3, 0.4) is 0 Å². The van der Waals surface area contributed by atoms with Crippen molar-refractivity contribution in [3.05, 3.63) is 79.8 Å². The molecule has 0 N–H and O–H groups in total. The van der Waals surface area contributed by atoms with Gasteiger partial charge in [-0.3, -0.25) is 0 Å². The fourth-order valence-electron chi connectivity index (χ4n) is 2.54. The van der Waals surface area contributed by atoms with Crippen molar-refractivity contribution in [3.63, 3.8) is 0 Å². The average molecular weight is 910 g/mol. The van der Waals surface area contributed by atoms with Crippen molar-refractivity contribution in [2.24, 2.45) is 0 Å². The minimum Gasteiger partial charge on any atom is -0.445 e. The zero-order chi connectivity index (χ0) is 24.4. The largest absolute Gasteiger partial charge is 0.445 e. The third kappa shape index (κ3) is 5.87. The molecule has 0 unspecified atom stereocenters. The third-order valence-electron chi connectivity index (χ3n) is 4.12. The minimum absolute atomic E-state index is 0.0536. The van der Waals surface area contributed by atoms with Gasteiger partial charge in [0.25, 0.3) is 17.5 Å². The van der Waals surface area contributed by atoms with Crippen LogP contribution in [0.15, 0.2) is 79.8 Å². The van der Waals surface area contributed by atoms with Gasteiger partial charge in [-0.1, -0.05) is 22.3 Å². The predicted molar refractivity (Wildman–Crippen MR) is 153 cm³/mol. The van der Waals surface area contributed by atoms with Gasteiger partial charge in [0.2, 0.25) is 0 Å². The van der Waals surface area contributed by atoms with E-state index in [9.17, 15) is 0 Å². The molecule has 0 aliphatic carbocycles. The van der Waals surface area contributed by atoms with Gasteiger partial charge in [-0.05, 0) is 153 Å². The number of aromatic nitrogens is 3. The van der Waals surface area contributed by atoms with Gasteiger partial charge < -0.3 is 14.2 Å². The molecule has 0 amide bonds. The first-order valence-corrected chi connectivity index (χ1v) is 14.6. The molecule has 1 aromatic heterocycles. The van der Waals surface area contributed by atoms with Crippen LogP contribution in [-0.2, 0) is 0 Å². The zero-order valence-corrected chi connectivity index (χ0v) is 27.4. The van der Waals surface area contributed by atoms with E-state index in [1.165, 1.54) is 0 Å². The van der Waals surface area contributed by atoms with Crippen LogP contribution in [0.2, 0.25) is 0 Å². The Morgan fingerprint density at radius 1 is 0.471 bits per heavy atom. The molecule has 0 fully saturated rings. The van der Waals surface area contributed by atoms with Gasteiger partial charge in [0.1, 0.15) is 17.2 Å². The Morgan fingerprint density at radius 2 is 0.941 bits per heavy atom. The van der Waals surface area contributed by atoms with E-state index >= 15 is 0 Å². The van der Waals surface area contributed by atoms with Crippen LogP contribution in [0.1, 0.15) is 0 Å². The summed E-state index contributed by atoms with van der Waals surface area (Å²) in [4.78, 5) is 0. The highest BCUT2D eigenvalue weighted by Crippen LogP contribution is 2.47. The second-order valence-corrected chi connectivity index (χ2v) is 12.0. The molecule has 34 heavy (non-hydrogen) atoms.